The second-order valence-corrected chi connectivity index (χ2v) is 18.8. The lowest BCUT2D eigenvalue weighted by atomic mass is 9.45. The number of hydrogen-bond donors (Lipinski definition) is 0. The predicted molar refractivity (Wildman–Crippen MR) is 217 cm³/mol. The molecule has 5 heteroatoms. The first-order valence-corrected chi connectivity index (χ1v) is 20.3. The number of aryl methyl sites for hydroxylation is 1. The Morgan fingerprint density at radius 3 is 2.08 bits per heavy atom. The monoisotopic (exact) mass is 668 g/mol. The number of benzene rings is 7. The predicted octanol–water partition coefficient (Wildman–Crippen LogP) is 7.43. The Morgan fingerprint density at radius 2 is 1.26 bits per heavy atom. The largest absolute Gasteiger partial charge is 0.367 e. The van der Waals surface area contributed by atoms with Crippen LogP contribution in [0.2, 0.25) is 0 Å². The molecule has 50 heavy (non-hydrogen) atoms. The minimum atomic E-state index is -2.75. The molecule has 0 saturated carbocycles. The minimum absolute atomic E-state index is 0.0540. The Bertz CT molecular complexity index is 2870. The smallest absolute Gasteiger partial charge is 0.333 e. The van der Waals surface area contributed by atoms with Crippen LogP contribution < -0.4 is 36.6 Å². The summed E-state index contributed by atoms with van der Waals surface area (Å²) in [5, 5.41) is 9.87. The van der Waals surface area contributed by atoms with Gasteiger partial charge in [-0.2, -0.15) is 0 Å². The summed E-state index contributed by atoms with van der Waals surface area (Å²) in [6.45, 7) is 2.33. The third-order valence-electron chi connectivity index (χ3n) is 11.7. The van der Waals surface area contributed by atoms with E-state index >= 15 is 0 Å². The van der Waals surface area contributed by atoms with Crippen molar-refractivity contribution in [3.63, 3.8) is 0 Å². The van der Waals surface area contributed by atoms with Crippen LogP contribution in [-0.2, 0) is 0 Å². The molecule has 0 saturated heterocycles. The molecule has 0 fully saturated rings. The zero-order valence-corrected chi connectivity index (χ0v) is 29.2. The zero-order chi connectivity index (χ0) is 32.7. The van der Waals surface area contributed by atoms with E-state index in [4.69, 9.17) is 0 Å². The fourth-order valence-electron chi connectivity index (χ4n) is 9.93. The number of para-hydroxylation sites is 3. The maximum Gasteiger partial charge on any atom is 0.333 e. The van der Waals surface area contributed by atoms with Crippen LogP contribution >= 0.6 is 11.3 Å². The van der Waals surface area contributed by atoms with Crippen molar-refractivity contribution in [2.24, 2.45) is 0 Å². The van der Waals surface area contributed by atoms with E-state index < -0.39 is 8.07 Å². The summed E-state index contributed by atoms with van der Waals surface area (Å²) >= 11 is 1.95. The highest BCUT2D eigenvalue weighted by atomic mass is 32.1. The first-order chi connectivity index (χ1) is 24.7. The molecule has 5 heterocycles. The molecule has 0 aliphatic carbocycles. The third kappa shape index (κ3) is 3.13. The van der Waals surface area contributed by atoms with Crippen molar-refractivity contribution in [1.82, 2.24) is 4.48 Å². The van der Waals surface area contributed by atoms with Gasteiger partial charge in [0.1, 0.15) is 0 Å². The summed E-state index contributed by atoms with van der Waals surface area (Å²) < 4.78 is 4.08. The Hall–Kier alpha value is -5.62. The van der Waals surface area contributed by atoms with Crippen LogP contribution in [0.5, 0.6) is 0 Å². The molecular weight excluding hydrogens is 639 g/mol. The molecule has 0 radical (unpaired) electrons. The lowest BCUT2D eigenvalue weighted by Gasteiger charge is -2.49. The molecule has 7 aromatic carbocycles. The van der Waals surface area contributed by atoms with Gasteiger partial charge in [-0.25, -0.2) is 0 Å². The molecule has 0 bridgehead atoms. The van der Waals surface area contributed by atoms with Gasteiger partial charge in [0.15, 0.2) is 8.07 Å². The van der Waals surface area contributed by atoms with Crippen molar-refractivity contribution < 1.29 is 0 Å². The number of aromatic nitrogens is 1. The molecule has 2 nitrogen and oxygen atoms in total. The van der Waals surface area contributed by atoms with Crippen LogP contribution in [0.1, 0.15) is 5.56 Å². The van der Waals surface area contributed by atoms with Crippen LogP contribution in [0.4, 0.5) is 17.1 Å². The Kier molecular flexibility index (Phi) is 5.20. The molecular formula is C45H29BN2SSi. The van der Waals surface area contributed by atoms with Gasteiger partial charge in [-0.3, -0.25) is 0 Å². The Morgan fingerprint density at radius 1 is 0.580 bits per heavy atom. The highest BCUT2D eigenvalue weighted by Gasteiger charge is 2.53. The number of thiophene rings is 1. The first-order valence-electron chi connectivity index (χ1n) is 17.5. The van der Waals surface area contributed by atoms with Gasteiger partial charge in [-0.05, 0) is 67.9 Å². The number of hydrogen-bond acceptors (Lipinski definition) is 2. The van der Waals surface area contributed by atoms with Crippen molar-refractivity contribution in [1.29, 1.82) is 0 Å². The van der Waals surface area contributed by atoms with Crippen molar-refractivity contribution in [3.05, 3.63) is 163 Å². The Labute approximate surface area is 295 Å². The van der Waals surface area contributed by atoms with E-state index in [9.17, 15) is 0 Å². The molecule has 2 aromatic heterocycles. The van der Waals surface area contributed by atoms with Gasteiger partial charge < -0.3 is 9.38 Å². The van der Waals surface area contributed by atoms with Crippen molar-refractivity contribution in [3.8, 4) is 11.1 Å². The van der Waals surface area contributed by atoms with E-state index in [0.29, 0.717) is 0 Å². The van der Waals surface area contributed by atoms with Gasteiger partial charge in [0, 0.05) is 49.0 Å². The minimum Gasteiger partial charge on any atom is -0.367 e. The van der Waals surface area contributed by atoms with Crippen molar-refractivity contribution in [2.75, 3.05) is 4.90 Å². The summed E-state index contributed by atoms with van der Waals surface area (Å²) in [7, 11) is -2.75. The molecule has 232 valence electrons. The molecule has 0 unspecified atom stereocenters. The normalized spacial score (nSPS) is 14.6. The van der Waals surface area contributed by atoms with Crippen LogP contribution in [-0.4, -0.2) is 19.4 Å². The topological polar surface area (TPSA) is 8.17 Å². The Balaban J connectivity index is 1.29. The van der Waals surface area contributed by atoms with E-state index in [2.05, 4.69) is 174 Å². The quantitative estimate of drug-likeness (QED) is 0.174. The van der Waals surface area contributed by atoms with E-state index in [-0.39, 0.29) is 6.85 Å². The van der Waals surface area contributed by atoms with Crippen LogP contribution in [0, 0.1) is 6.92 Å². The van der Waals surface area contributed by atoms with Crippen molar-refractivity contribution >= 4 is 106 Å². The number of fused-ring (bicyclic) bond motifs is 11. The second-order valence-electron chi connectivity index (χ2n) is 14.1. The highest BCUT2D eigenvalue weighted by molar-refractivity contribution is 7.26. The van der Waals surface area contributed by atoms with E-state index in [1.54, 1.807) is 0 Å². The van der Waals surface area contributed by atoms with Crippen molar-refractivity contribution in [2.45, 2.75) is 6.92 Å². The first kappa shape index (κ1) is 27.2. The van der Waals surface area contributed by atoms with Gasteiger partial charge in [0.2, 0.25) is 0 Å². The summed E-state index contributed by atoms with van der Waals surface area (Å²) in [5.74, 6) is 0. The number of anilines is 3. The molecule has 9 aromatic rings. The summed E-state index contributed by atoms with van der Waals surface area (Å²) in [6.07, 6.45) is 0. The molecule has 0 atom stereocenters. The maximum atomic E-state index is 2.73. The molecule has 0 spiro atoms. The summed E-state index contributed by atoms with van der Waals surface area (Å²) in [5.41, 5.74) is 12.2. The molecule has 12 rings (SSSR count). The average Bonchev–Trinajstić information content (AvgIpc) is 3.70. The number of nitrogens with zero attached hydrogens (tertiary/aromatic N) is 2. The van der Waals surface area contributed by atoms with Crippen LogP contribution in [0.3, 0.4) is 0 Å². The SMILES string of the molecule is Cc1cc2c3c(c1)N1c4ccccc4[Si](c4ccccc4)(c4ccccc4)c4cccc(c41)B3n1c3sc4ccccc4c3c3cccc-2c31. The van der Waals surface area contributed by atoms with E-state index in [1.807, 2.05) is 11.3 Å². The van der Waals surface area contributed by atoms with Gasteiger partial charge in [-0.15, -0.1) is 11.3 Å². The zero-order valence-electron chi connectivity index (χ0n) is 27.4. The maximum absolute atomic E-state index is 2.75. The molecule has 3 aliphatic heterocycles. The average molecular weight is 669 g/mol. The molecule has 0 N–H and O–H groups in total. The lowest BCUT2D eigenvalue weighted by Crippen LogP contribution is -2.78. The van der Waals surface area contributed by atoms with E-state index in [0.717, 1.165) is 0 Å². The third-order valence-corrected chi connectivity index (χ3v) is 17.7. The van der Waals surface area contributed by atoms with Gasteiger partial charge in [0.05, 0.1) is 4.83 Å². The van der Waals surface area contributed by atoms with Gasteiger partial charge in [-0.1, -0.05) is 140 Å². The summed E-state index contributed by atoms with van der Waals surface area (Å²) in [4.78, 5) is 4.02. The standard InChI is InChI=1S/C45H29BN2SSi/c1-28-26-34-31-19-12-20-33-41-32-18-8-10-23-38(32)49-45(41)48(43(31)33)46-35-21-13-25-40-44(35)47(37(27-28)42(34)46)36-22-9-11-24-39(36)50(40,29-14-4-2-5-15-29)30-16-6-3-7-17-30/h2-27H,1H3. The molecule has 0 amide bonds. The fourth-order valence-corrected chi connectivity index (χ4v) is 16.3. The van der Waals surface area contributed by atoms with Crippen LogP contribution in [0.25, 0.3) is 42.3 Å². The fraction of sp³-hybridized carbons (Fsp3) is 0.0222. The number of rotatable bonds is 2. The van der Waals surface area contributed by atoms with Crippen LogP contribution in [0.15, 0.2) is 158 Å². The van der Waals surface area contributed by atoms with E-state index in [1.165, 1.54) is 96.6 Å². The summed E-state index contributed by atoms with van der Waals surface area (Å²) in [6, 6.07) is 60.2. The van der Waals surface area contributed by atoms with Gasteiger partial charge >= 0.3 is 6.85 Å². The molecule has 3 aliphatic rings. The second kappa shape index (κ2) is 9.54. The highest BCUT2D eigenvalue weighted by Crippen LogP contribution is 2.49. The lowest BCUT2D eigenvalue weighted by molar-refractivity contribution is 1.25. The van der Waals surface area contributed by atoms with Gasteiger partial charge in [0.25, 0.3) is 0 Å².